The van der Waals surface area contributed by atoms with Gasteiger partial charge in [-0.05, 0) is 39.8 Å². The van der Waals surface area contributed by atoms with Gasteiger partial charge in [-0.15, -0.1) is 5.10 Å². The topological polar surface area (TPSA) is 111 Å². The zero-order valence-electron chi connectivity index (χ0n) is 15.1. The highest BCUT2D eigenvalue weighted by Gasteiger charge is 2.28. The third-order valence-corrected chi connectivity index (χ3v) is 4.91. The van der Waals surface area contributed by atoms with Crippen LogP contribution in [0.2, 0.25) is 5.02 Å². The number of nitrogens with zero attached hydrogens (tertiary/aromatic N) is 2. The number of amides is 1. The van der Waals surface area contributed by atoms with Gasteiger partial charge in [-0.25, -0.2) is 17.6 Å². The van der Waals surface area contributed by atoms with Crippen LogP contribution in [0.3, 0.4) is 0 Å². The van der Waals surface area contributed by atoms with Crippen LogP contribution in [-0.4, -0.2) is 30.3 Å². The predicted molar refractivity (Wildman–Crippen MR) is 94.4 cm³/mol. The first-order valence-electron chi connectivity index (χ1n) is 7.87. The lowest BCUT2D eigenvalue weighted by atomic mass is 10.2. The molecule has 2 aromatic rings. The number of carbonyl (C=O) groups excluding carboxylic acids is 1. The molecular weight excluding hydrogens is 401 g/mol. The molecule has 0 saturated heterocycles. The summed E-state index contributed by atoms with van der Waals surface area (Å²) in [5.41, 5.74) is -0.898. The zero-order chi connectivity index (χ0) is 20.4. The molecule has 0 saturated carbocycles. The number of nitrogens with one attached hydrogen (secondary N) is 1. The molecule has 0 bridgehead atoms. The van der Waals surface area contributed by atoms with E-state index in [9.17, 15) is 17.6 Å². The van der Waals surface area contributed by atoms with Gasteiger partial charge < -0.3 is 14.5 Å². The first-order chi connectivity index (χ1) is 12.4. The van der Waals surface area contributed by atoms with Gasteiger partial charge in [0.1, 0.15) is 17.5 Å². The van der Waals surface area contributed by atoms with Gasteiger partial charge in [-0.1, -0.05) is 22.8 Å². The van der Waals surface area contributed by atoms with Crippen LogP contribution in [0.5, 0.6) is 0 Å². The van der Waals surface area contributed by atoms with Gasteiger partial charge in [-0.3, -0.25) is 0 Å². The molecule has 0 spiro atoms. The van der Waals surface area contributed by atoms with Crippen LogP contribution in [0.15, 0.2) is 27.8 Å². The summed E-state index contributed by atoms with van der Waals surface area (Å²) >= 11 is 5.86. The van der Waals surface area contributed by atoms with E-state index in [0.29, 0.717) is 0 Å². The molecule has 1 amide bonds. The molecule has 1 N–H and O–H groups in total. The van der Waals surface area contributed by atoms with Gasteiger partial charge in [0.2, 0.25) is 15.7 Å². The standard InChI is InChI=1S/C16H19ClFN3O5S/c1-9(19-14(22)26-16(2,3)4)13-20-21-15(25-13)27(23,24)8-10-11(17)6-5-7-12(10)18/h5-7,9H,8H2,1-4H3,(H,19,22)/t9-/m0/s1. The van der Waals surface area contributed by atoms with Gasteiger partial charge in [0.05, 0.1) is 5.75 Å². The Hall–Kier alpha value is -2.20. The van der Waals surface area contributed by atoms with Gasteiger partial charge in [-0.2, -0.15) is 0 Å². The lowest BCUT2D eigenvalue weighted by Crippen LogP contribution is -2.34. The molecule has 0 fully saturated rings. The normalized spacial score (nSPS) is 13.3. The van der Waals surface area contributed by atoms with Crippen molar-refractivity contribution in [3.63, 3.8) is 0 Å². The number of hydrogen-bond acceptors (Lipinski definition) is 7. The summed E-state index contributed by atoms with van der Waals surface area (Å²) in [5.74, 6) is -1.64. The number of halogens is 2. The lowest BCUT2D eigenvalue weighted by molar-refractivity contribution is 0.0500. The molecule has 1 heterocycles. The third kappa shape index (κ3) is 5.64. The summed E-state index contributed by atoms with van der Waals surface area (Å²) in [6.07, 6.45) is -0.726. The number of sulfone groups is 1. The molecule has 0 radical (unpaired) electrons. The highest BCUT2D eigenvalue weighted by atomic mass is 35.5. The Balaban J connectivity index is 2.15. The Bertz CT molecular complexity index is 920. The van der Waals surface area contributed by atoms with Crippen molar-refractivity contribution in [3.05, 3.63) is 40.5 Å². The van der Waals surface area contributed by atoms with Gasteiger partial charge in [0.15, 0.2) is 0 Å². The molecule has 0 aliphatic heterocycles. The molecule has 0 aliphatic carbocycles. The van der Waals surface area contributed by atoms with Crippen LogP contribution >= 0.6 is 11.6 Å². The van der Waals surface area contributed by atoms with E-state index in [-0.39, 0.29) is 16.5 Å². The number of rotatable bonds is 5. The molecule has 1 atom stereocenters. The molecule has 1 aromatic heterocycles. The van der Waals surface area contributed by atoms with Crippen molar-refractivity contribution in [2.24, 2.45) is 0 Å². The highest BCUT2D eigenvalue weighted by molar-refractivity contribution is 7.90. The minimum Gasteiger partial charge on any atom is -0.444 e. The average molecular weight is 420 g/mol. The Morgan fingerprint density at radius 3 is 2.63 bits per heavy atom. The van der Waals surface area contributed by atoms with Gasteiger partial charge in [0.25, 0.3) is 0 Å². The van der Waals surface area contributed by atoms with Crippen molar-refractivity contribution in [1.29, 1.82) is 0 Å². The number of aromatic nitrogens is 2. The number of benzene rings is 1. The van der Waals surface area contributed by atoms with Crippen LogP contribution in [0.4, 0.5) is 9.18 Å². The molecular formula is C16H19ClFN3O5S. The smallest absolute Gasteiger partial charge is 0.408 e. The van der Waals surface area contributed by atoms with Gasteiger partial charge >= 0.3 is 11.3 Å². The quantitative estimate of drug-likeness (QED) is 0.790. The molecule has 0 aliphatic rings. The van der Waals surface area contributed by atoms with Crippen molar-refractivity contribution in [1.82, 2.24) is 15.5 Å². The number of carbonyl (C=O) groups is 1. The molecule has 2 rings (SSSR count). The Morgan fingerprint density at radius 1 is 1.37 bits per heavy atom. The van der Waals surface area contributed by atoms with Crippen LogP contribution in [0.1, 0.15) is 45.2 Å². The Labute approximate surface area is 161 Å². The van der Waals surface area contributed by atoms with E-state index in [1.165, 1.54) is 19.1 Å². The Morgan fingerprint density at radius 2 is 2.04 bits per heavy atom. The van der Waals surface area contributed by atoms with Crippen LogP contribution in [0, 0.1) is 5.82 Å². The molecule has 1 aromatic carbocycles. The highest BCUT2D eigenvalue weighted by Crippen LogP contribution is 2.25. The van der Waals surface area contributed by atoms with E-state index < -0.39 is 44.4 Å². The van der Waals surface area contributed by atoms with Crippen molar-refractivity contribution in [2.45, 2.75) is 50.3 Å². The maximum absolute atomic E-state index is 13.8. The Kier molecular flexibility index (Phi) is 6.10. The fourth-order valence-electron chi connectivity index (χ4n) is 1.99. The maximum atomic E-state index is 13.8. The van der Waals surface area contributed by atoms with Crippen LogP contribution in [0.25, 0.3) is 0 Å². The second kappa shape index (κ2) is 7.81. The summed E-state index contributed by atoms with van der Waals surface area (Å²) in [4.78, 5) is 11.8. The second-order valence-electron chi connectivity index (χ2n) is 6.73. The van der Waals surface area contributed by atoms with Crippen molar-refractivity contribution >= 4 is 27.5 Å². The lowest BCUT2D eigenvalue weighted by Gasteiger charge is -2.20. The average Bonchev–Trinajstić information content (AvgIpc) is 3.00. The van der Waals surface area contributed by atoms with E-state index in [2.05, 4.69) is 15.5 Å². The predicted octanol–water partition coefficient (Wildman–Crippen LogP) is 3.42. The summed E-state index contributed by atoms with van der Waals surface area (Å²) in [7, 11) is -4.14. The van der Waals surface area contributed by atoms with Crippen LogP contribution in [-0.2, 0) is 20.3 Å². The summed E-state index contributed by atoms with van der Waals surface area (Å²) < 4.78 is 48.9. The molecule has 8 nitrogen and oxygen atoms in total. The van der Waals surface area contributed by atoms with E-state index >= 15 is 0 Å². The number of hydrogen-bond donors (Lipinski definition) is 1. The third-order valence-electron chi connectivity index (χ3n) is 3.19. The number of alkyl carbamates (subject to hydrolysis) is 1. The summed E-state index contributed by atoms with van der Waals surface area (Å²) in [6, 6.07) is 3.04. The van der Waals surface area contributed by atoms with Gasteiger partial charge in [0, 0.05) is 10.6 Å². The molecule has 11 heteroatoms. The first-order valence-corrected chi connectivity index (χ1v) is 9.90. The minimum atomic E-state index is -4.14. The molecule has 0 unspecified atom stereocenters. The van der Waals surface area contributed by atoms with Crippen molar-refractivity contribution < 1.29 is 26.8 Å². The van der Waals surface area contributed by atoms with Crippen LogP contribution < -0.4 is 5.32 Å². The molecule has 27 heavy (non-hydrogen) atoms. The SMILES string of the molecule is C[C@H](NC(=O)OC(C)(C)C)c1nnc(S(=O)(=O)Cc2c(F)cccc2Cl)o1. The largest absolute Gasteiger partial charge is 0.444 e. The second-order valence-corrected chi connectivity index (χ2v) is 9.01. The van der Waals surface area contributed by atoms with E-state index in [1.54, 1.807) is 20.8 Å². The number of ether oxygens (including phenoxy) is 1. The monoisotopic (exact) mass is 419 g/mol. The fourth-order valence-corrected chi connectivity index (χ4v) is 3.47. The molecule has 148 valence electrons. The zero-order valence-corrected chi connectivity index (χ0v) is 16.7. The van der Waals surface area contributed by atoms with Crippen molar-refractivity contribution in [2.75, 3.05) is 0 Å². The fraction of sp³-hybridized carbons (Fsp3) is 0.438. The van der Waals surface area contributed by atoms with E-state index in [4.69, 9.17) is 20.8 Å². The summed E-state index contributed by atoms with van der Waals surface area (Å²) in [5, 5.41) is 8.83. The maximum Gasteiger partial charge on any atom is 0.408 e. The first kappa shape index (κ1) is 21.1. The van der Waals surface area contributed by atoms with E-state index in [1.807, 2.05) is 0 Å². The minimum absolute atomic E-state index is 0.0294. The summed E-state index contributed by atoms with van der Waals surface area (Å²) in [6.45, 7) is 6.61. The van der Waals surface area contributed by atoms with Crippen molar-refractivity contribution in [3.8, 4) is 0 Å². The van der Waals surface area contributed by atoms with E-state index in [0.717, 1.165) is 6.07 Å².